The van der Waals surface area contributed by atoms with Gasteiger partial charge in [0.2, 0.25) is 5.91 Å². The zero-order chi connectivity index (χ0) is 19.9. The molecule has 8 nitrogen and oxygen atoms in total. The van der Waals surface area contributed by atoms with Crippen molar-refractivity contribution in [1.82, 2.24) is 20.0 Å². The van der Waals surface area contributed by atoms with Gasteiger partial charge in [0.05, 0.1) is 18.5 Å². The molecule has 1 N–H and O–H groups in total. The number of hydrogen-bond acceptors (Lipinski definition) is 4. The van der Waals surface area contributed by atoms with Crippen LogP contribution in [-0.2, 0) is 18.3 Å². The molecule has 1 aromatic carbocycles. The van der Waals surface area contributed by atoms with Crippen LogP contribution in [0.3, 0.4) is 0 Å². The molecule has 0 unspecified atom stereocenters. The molecule has 0 bridgehead atoms. The van der Waals surface area contributed by atoms with E-state index < -0.39 is 0 Å². The van der Waals surface area contributed by atoms with Gasteiger partial charge in [-0.15, -0.1) is 24.0 Å². The molecule has 1 aliphatic heterocycles. The largest absolute Gasteiger partial charge is 0.494 e. The number of aryl methyl sites for hydroxylation is 1. The highest BCUT2D eigenvalue weighted by Gasteiger charge is 2.27. The second-order valence-electron chi connectivity index (χ2n) is 6.60. The number of piperazine rings is 1. The molecule has 0 radical (unpaired) electrons. The number of hydrogen-bond donors (Lipinski definition) is 1. The number of para-hydroxylation sites is 1. The predicted molar refractivity (Wildman–Crippen MR) is 125 cm³/mol. The first-order valence-corrected chi connectivity index (χ1v) is 9.57. The Balaban J connectivity index is 0.00000300. The van der Waals surface area contributed by atoms with Crippen LogP contribution in [0.25, 0.3) is 0 Å². The summed E-state index contributed by atoms with van der Waals surface area (Å²) in [5.74, 6) is 1.71. The number of carbonyl (C=O) groups excluding carboxylic acids is 1. The minimum atomic E-state index is 0. The number of nitrogens with one attached hydrogen (secondary N) is 1. The van der Waals surface area contributed by atoms with Gasteiger partial charge in [-0.2, -0.15) is 5.10 Å². The lowest BCUT2D eigenvalue weighted by atomic mass is 10.1. The van der Waals surface area contributed by atoms with Crippen LogP contribution in [0, 0.1) is 0 Å². The summed E-state index contributed by atoms with van der Waals surface area (Å²) < 4.78 is 7.39. The average molecular weight is 512 g/mol. The summed E-state index contributed by atoms with van der Waals surface area (Å²) in [6, 6.07) is 8.06. The summed E-state index contributed by atoms with van der Waals surface area (Å²) in [6.45, 7) is 4.97. The normalized spacial score (nSPS) is 14.6. The van der Waals surface area contributed by atoms with Crippen LogP contribution in [0.1, 0.15) is 12.5 Å². The van der Waals surface area contributed by atoms with Crippen molar-refractivity contribution in [3.63, 3.8) is 0 Å². The van der Waals surface area contributed by atoms with E-state index in [0.717, 1.165) is 35.9 Å². The molecule has 0 atom stereocenters. The molecule has 1 aromatic heterocycles. The Morgan fingerprint density at radius 1 is 1.31 bits per heavy atom. The van der Waals surface area contributed by atoms with Gasteiger partial charge in [0.15, 0.2) is 5.96 Å². The summed E-state index contributed by atoms with van der Waals surface area (Å²) in [4.78, 5) is 20.7. The molecule has 2 aromatic rings. The molecular weight excluding hydrogens is 483 g/mol. The van der Waals surface area contributed by atoms with E-state index in [1.807, 2.05) is 43.3 Å². The van der Waals surface area contributed by atoms with E-state index in [0.29, 0.717) is 26.2 Å². The van der Waals surface area contributed by atoms with Gasteiger partial charge in [-0.25, -0.2) is 0 Å². The first-order valence-electron chi connectivity index (χ1n) is 9.57. The second-order valence-corrected chi connectivity index (χ2v) is 6.60. The molecule has 158 valence electrons. The van der Waals surface area contributed by atoms with E-state index in [1.165, 1.54) is 0 Å². The lowest BCUT2D eigenvalue weighted by molar-refractivity contribution is -0.120. The van der Waals surface area contributed by atoms with Gasteiger partial charge >= 0.3 is 0 Å². The lowest BCUT2D eigenvalue weighted by Gasteiger charge is -2.35. The third kappa shape index (κ3) is 5.84. The molecule has 0 spiro atoms. The molecule has 0 aliphatic carbocycles. The van der Waals surface area contributed by atoms with E-state index in [4.69, 9.17) is 4.74 Å². The standard InChI is InChI=1S/C20H28N6O2.HI/c1-4-28-18-8-6-5-7-16(18)9-10-22-20(21-2)25-11-12-26(19(27)15-25)17-13-23-24(3)14-17;/h5-8,13-14H,4,9-12,15H2,1-3H3,(H,21,22);1H. The number of carbonyl (C=O) groups is 1. The van der Waals surface area contributed by atoms with Crippen molar-refractivity contribution in [2.45, 2.75) is 13.3 Å². The minimum Gasteiger partial charge on any atom is -0.494 e. The van der Waals surface area contributed by atoms with E-state index in [2.05, 4.69) is 21.5 Å². The molecule has 1 aliphatic rings. The smallest absolute Gasteiger partial charge is 0.246 e. The number of guanidine groups is 1. The van der Waals surface area contributed by atoms with Crippen molar-refractivity contribution in [1.29, 1.82) is 0 Å². The van der Waals surface area contributed by atoms with Crippen LogP contribution in [0.4, 0.5) is 5.69 Å². The van der Waals surface area contributed by atoms with Crippen molar-refractivity contribution >= 4 is 41.5 Å². The van der Waals surface area contributed by atoms with Crippen LogP contribution in [0.5, 0.6) is 5.75 Å². The van der Waals surface area contributed by atoms with Crippen LogP contribution >= 0.6 is 24.0 Å². The predicted octanol–water partition coefficient (Wildman–Crippen LogP) is 1.90. The molecule has 2 heterocycles. The fourth-order valence-electron chi connectivity index (χ4n) is 3.32. The van der Waals surface area contributed by atoms with Crippen molar-refractivity contribution in [2.75, 3.05) is 44.7 Å². The third-order valence-electron chi connectivity index (χ3n) is 4.68. The number of benzene rings is 1. The first-order chi connectivity index (χ1) is 13.6. The van der Waals surface area contributed by atoms with Gasteiger partial charge in [-0.05, 0) is 25.0 Å². The van der Waals surface area contributed by atoms with Crippen molar-refractivity contribution in [3.05, 3.63) is 42.2 Å². The van der Waals surface area contributed by atoms with Crippen molar-refractivity contribution in [2.24, 2.45) is 12.0 Å². The number of aromatic nitrogens is 2. The van der Waals surface area contributed by atoms with Crippen molar-refractivity contribution < 1.29 is 9.53 Å². The number of nitrogens with zero attached hydrogens (tertiary/aromatic N) is 5. The SMILES string of the molecule is CCOc1ccccc1CCNC(=NC)N1CCN(c2cnn(C)c2)C(=O)C1.I. The summed E-state index contributed by atoms with van der Waals surface area (Å²) in [6.07, 6.45) is 4.39. The molecule has 29 heavy (non-hydrogen) atoms. The number of amides is 1. The number of rotatable bonds is 6. The van der Waals surface area contributed by atoms with E-state index in [-0.39, 0.29) is 29.9 Å². The lowest BCUT2D eigenvalue weighted by Crippen LogP contribution is -2.55. The van der Waals surface area contributed by atoms with Gasteiger partial charge in [0.1, 0.15) is 12.3 Å². The Hall–Kier alpha value is -2.30. The molecule has 1 fully saturated rings. The fraction of sp³-hybridized carbons (Fsp3) is 0.450. The molecule has 9 heteroatoms. The Morgan fingerprint density at radius 2 is 2.10 bits per heavy atom. The first kappa shape index (κ1) is 23.0. The molecule has 1 saturated heterocycles. The number of ether oxygens (including phenoxy) is 1. The van der Waals surface area contributed by atoms with Crippen LogP contribution in [0.15, 0.2) is 41.7 Å². The van der Waals surface area contributed by atoms with Gasteiger partial charge in [-0.3, -0.25) is 14.5 Å². The second kappa shape index (κ2) is 11.0. The zero-order valence-corrected chi connectivity index (χ0v) is 19.5. The number of halogens is 1. The van der Waals surface area contributed by atoms with Crippen molar-refractivity contribution in [3.8, 4) is 5.75 Å². The Bertz CT molecular complexity index is 838. The summed E-state index contributed by atoms with van der Waals surface area (Å²) in [7, 11) is 3.59. The third-order valence-corrected chi connectivity index (χ3v) is 4.68. The van der Waals surface area contributed by atoms with E-state index >= 15 is 0 Å². The molecule has 3 rings (SSSR count). The highest BCUT2D eigenvalue weighted by molar-refractivity contribution is 14.0. The Morgan fingerprint density at radius 3 is 2.76 bits per heavy atom. The molecule has 0 saturated carbocycles. The van der Waals surface area contributed by atoms with E-state index in [1.54, 1.807) is 22.8 Å². The maximum Gasteiger partial charge on any atom is 0.246 e. The van der Waals surface area contributed by atoms with Crippen LogP contribution in [-0.4, -0.2) is 66.4 Å². The monoisotopic (exact) mass is 512 g/mol. The molecule has 1 amide bonds. The Kier molecular flexibility index (Phi) is 8.74. The fourth-order valence-corrected chi connectivity index (χ4v) is 3.32. The number of anilines is 1. The maximum absolute atomic E-state index is 12.6. The average Bonchev–Trinajstić information content (AvgIpc) is 3.12. The minimum absolute atomic E-state index is 0. The van der Waals surface area contributed by atoms with Gasteiger partial charge in [0.25, 0.3) is 0 Å². The highest BCUT2D eigenvalue weighted by Crippen LogP contribution is 2.18. The highest BCUT2D eigenvalue weighted by atomic mass is 127. The maximum atomic E-state index is 12.6. The topological polar surface area (TPSA) is 75.0 Å². The Labute approximate surface area is 188 Å². The van der Waals surface area contributed by atoms with Crippen LogP contribution < -0.4 is 15.0 Å². The summed E-state index contributed by atoms with van der Waals surface area (Å²) >= 11 is 0. The number of aliphatic imine (C=N–C) groups is 1. The van der Waals surface area contributed by atoms with Crippen LogP contribution in [0.2, 0.25) is 0 Å². The quantitative estimate of drug-likeness (QED) is 0.364. The van der Waals surface area contributed by atoms with Gasteiger partial charge in [0, 0.05) is 39.9 Å². The molecular formula is C20H29IN6O2. The van der Waals surface area contributed by atoms with E-state index in [9.17, 15) is 4.79 Å². The van der Waals surface area contributed by atoms with Gasteiger partial charge < -0.3 is 19.9 Å². The van der Waals surface area contributed by atoms with Gasteiger partial charge in [-0.1, -0.05) is 18.2 Å². The zero-order valence-electron chi connectivity index (χ0n) is 17.2. The summed E-state index contributed by atoms with van der Waals surface area (Å²) in [5.41, 5.74) is 1.99. The summed E-state index contributed by atoms with van der Waals surface area (Å²) in [5, 5.41) is 7.52.